The molecule has 3 rings (SSSR count). The normalized spacial score (nSPS) is 11.4. The van der Waals surface area contributed by atoms with E-state index in [2.05, 4.69) is 16.0 Å². The van der Waals surface area contributed by atoms with Gasteiger partial charge >= 0.3 is 0 Å². The van der Waals surface area contributed by atoms with E-state index >= 15 is 0 Å². The molecule has 1 heterocycles. The van der Waals surface area contributed by atoms with Crippen molar-refractivity contribution in [3.8, 4) is 11.5 Å². The highest BCUT2D eigenvalue weighted by Gasteiger charge is 2.12. The van der Waals surface area contributed by atoms with Crippen LogP contribution in [-0.2, 0) is 16.1 Å². The van der Waals surface area contributed by atoms with Crippen LogP contribution in [0.3, 0.4) is 0 Å². The lowest BCUT2D eigenvalue weighted by Crippen LogP contribution is -2.27. The number of halogens is 1. The van der Waals surface area contributed by atoms with Crippen molar-refractivity contribution in [2.24, 2.45) is 0 Å². The summed E-state index contributed by atoms with van der Waals surface area (Å²) < 4.78 is 23.1. The molecule has 2 aromatic carbocycles. The zero-order chi connectivity index (χ0) is 23.4. The summed E-state index contributed by atoms with van der Waals surface area (Å²) in [6.07, 6.45) is 0.377. The molecule has 2 amide bonds. The van der Waals surface area contributed by atoms with Gasteiger partial charge in [-0.3, -0.25) is 9.59 Å². The molecule has 0 bridgehead atoms. The number of ether oxygens (including phenoxy) is 2. The fourth-order valence-corrected chi connectivity index (χ4v) is 2.50. The Balaban J connectivity index is 0.000000269. The molecular formula is C22H30FN3O5. The maximum atomic E-state index is 13.3. The van der Waals surface area contributed by atoms with Crippen molar-refractivity contribution in [1.82, 2.24) is 5.32 Å². The number of aliphatic hydroxyl groups excluding tert-OH is 1. The first-order valence-corrected chi connectivity index (χ1v) is 9.61. The third kappa shape index (κ3) is 8.91. The van der Waals surface area contributed by atoms with E-state index in [1.54, 1.807) is 13.8 Å². The van der Waals surface area contributed by atoms with Gasteiger partial charge < -0.3 is 30.5 Å². The zero-order valence-electron chi connectivity index (χ0n) is 18.4. The van der Waals surface area contributed by atoms with E-state index in [-0.39, 0.29) is 24.3 Å². The molecule has 4 N–H and O–H groups in total. The highest BCUT2D eigenvalue weighted by molar-refractivity contribution is 6.00. The van der Waals surface area contributed by atoms with Gasteiger partial charge in [-0.05, 0) is 44.5 Å². The van der Waals surface area contributed by atoms with Crippen LogP contribution < -0.4 is 25.4 Å². The Kier molecular flexibility index (Phi) is 10.8. The summed E-state index contributed by atoms with van der Waals surface area (Å²) in [5, 5.41) is 16.3. The number of hydrogen-bond donors (Lipinski definition) is 4. The maximum absolute atomic E-state index is 13.3. The van der Waals surface area contributed by atoms with Gasteiger partial charge in [0, 0.05) is 24.3 Å². The van der Waals surface area contributed by atoms with Crippen LogP contribution in [0.1, 0.15) is 25.0 Å². The standard InChI is InChI=1S/C10H12FNO3.C9H10N2O.C3H8O/c1-14-9-4-10(15-2)8(11)3-7(9)5-12-6-13;1-6-2-3-7-8(4-6)11-9(12)5-10-7;1-3(2)4/h3-4,6H,5H2,1-2H3,(H,12,13);2-4,10H,5H2,1H3,(H,11,12);3-4H,1-2H3. The van der Waals surface area contributed by atoms with Crippen molar-refractivity contribution in [3.05, 3.63) is 47.3 Å². The lowest BCUT2D eigenvalue weighted by Gasteiger charge is -2.18. The molecule has 0 unspecified atom stereocenters. The summed E-state index contributed by atoms with van der Waals surface area (Å²) in [5.74, 6) is 0.124. The predicted molar refractivity (Wildman–Crippen MR) is 118 cm³/mol. The highest BCUT2D eigenvalue weighted by Crippen LogP contribution is 2.27. The lowest BCUT2D eigenvalue weighted by atomic mass is 10.1. The van der Waals surface area contributed by atoms with Gasteiger partial charge in [0.05, 0.1) is 32.1 Å². The molecule has 0 radical (unpaired) electrons. The van der Waals surface area contributed by atoms with Gasteiger partial charge in [0.15, 0.2) is 11.6 Å². The molecule has 0 spiro atoms. The molecule has 31 heavy (non-hydrogen) atoms. The number of amides is 2. The number of hydrogen-bond acceptors (Lipinski definition) is 6. The van der Waals surface area contributed by atoms with Crippen molar-refractivity contribution in [1.29, 1.82) is 0 Å². The molecular weight excluding hydrogens is 405 g/mol. The molecule has 170 valence electrons. The Hall–Kier alpha value is -3.33. The van der Waals surface area contributed by atoms with E-state index in [1.807, 2.05) is 25.1 Å². The van der Waals surface area contributed by atoms with E-state index in [0.29, 0.717) is 24.3 Å². The third-order valence-corrected chi connectivity index (χ3v) is 3.82. The molecule has 8 nitrogen and oxygen atoms in total. The number of carbonyl (C=O) groups excluding carboxylic acids is 2. The monoisotopic (exact) mass is 435 g/mol. The second-order valence-corrected chi connectivity index (χ2v) is 6.84. The van der Waals surface area contributed by atoms with Gasteiger partial charge in [-0.15, -0.1) is 0 Å². The Labute approximate surface area is 181 Å². The molecule has 0 saturated carbocycles. The van der Waals surface area contributed by atoms with E-state index in [0.717, 1.165) is 16.9 Å². The Bertz CT molecular complexity index is 872. The van der Waals surface area contributed by atoms with E-state index < -0.39 is 5.82 Å². The lowest BCUT2D eigenvalue weighted by molar-refractivity contribution is -0.114. The molecule has 0 atom stereocenters. The number of methoxy groups -OCH3 is 2. The molecule has 0 fully saturated rings. The second-order valence-electron chi connectivity index (χ2n) is 6.84. The van der Waals surface area contributed by atoms with Gasteiger partial charge in [0.25, 0.3) is 0 Å². The van der Waals surface area contributed by atoms with Crippen molar-refractivity contribution >= 4 is 23.7 Å². The van der Waals surface area contributed by atoms with Gasteiger partial charge in [-0.1, -0.05) is 6.07 Å². The first-order chi connectivity index (χ1) is 14.7. The minimum atomic E-state index is -0.485. The summed E-state index contributed by atoms with van der Waals surface area (Å²) >= 11 is 0. The minimum absolute atomic E-state index is 0.0214. The van der Waals surface area contributed by atoms with Crippen LogP contribution in [0.15, 0.2) is 30.3 Å². The van der Waals surface area contributed by atoms with Crippen LogP contribution in [0.5, 0.6) is 11.5 Å². The van der Waals surface area contributed by atoms with E-state index in [1.165, 1.54) is 26.4 Å². The van der Waals surface area contributed by atoms with Crippen LogP contribution in [0, 0.1) is 12.7 Å². The molecule has 0 aliphatic carbocycles. The van der Waals surface area contributed by atoms with E-state index in [4.69, 9.17) is 14.6 Å². The smallest absolute Gasteiger partial charge is 0.243 e. The van der Waals surface area contributed by atoms with Crippen LogP contribution in [0.2, 0.25) is 0 Å². The summed E-state index contributed by atoms with van der Waals surface area (Å²) in [6.45, 7) is 6.03. The van der Waals surface area contributed by atoms with Crippen molar-refractivity contribution in [3.63, 3.8) is 0 Å². The second kappa shape index (κ2) is 13.1. The molecule has 1 aliphatic heterocycles. The molecule has 0 aromatic heterocycles. The number of benzene rings is 2. The quantitative estimate of drug-likeness (QED) is 0.538. The number of rotatable bonds is 5. The number of fused-ring (bicyclic) bond motifs is 1. The minimum Gasteiger partial charge on any atom is -0.496 e. The third-order valence-electron chi connectivity index (χ3n) is 3.82. The number of anilines is 2. The maximum Gasteiger partial charge on any atom is 0.243 e. The summed E-state index contributed by atoms with van der Waals surface area (Å²) in [5.41, 5.74) is 3.59. The van der Waals surface area contributed by atoms with Gasteiger partial charge in [0.2, 0.25) is 12.3 Å². The largest absolute Gasteiger partial charge is 0.496 e. The van der Waals surface area contributed by atoms with Crippen LogP contribution in [-0.4, -0.2) is 44.3 Å². The topological polar surface area (TPSA) is 109 Å². The summed E-state index contributed by atoms with van der Waals surface area (Å²) in [7, 11) is 2.85. The Morgan fingerprint density at radius 3 is 2.39 bits per heavy atom. The van der Waals surface area contributed by atoms with E-state index in [9.17, 15) is 14.0 Å². The van der Waals surface area contributed by atoms with Crippen molar-refractivity contribution < 1.29 is 28.6 Å². The van der Waals surface area contributed by atoms with Crippen LogP contribution >= 0.6 is 0 Å². The number of aryl methyl sites for hydroxylation is 1. The van der Waals surface area contributed by atoms with Gasteiger partial charge in [0.1, 0.15) is 5.75 Å². The van der Waals surface area contributed by atoms with Gasteiger partial charge in [-0.25, -0.2) is 4.39 Å². The number of nitrogens with one attached hydrogen (secondary N) is 3. The average molecular weight is 435 g/mol. The zero-order valence-corrected chi connectivity index (χ0v) is 18.4. The van der Waals surface area contributed by atoms with Gasteiger partial charge in [-0.2, -0.15) is 0 Å². The molecule has 0 saturated heterocycles. The van der Waals surface area contributed by atoms with Crippen LogP contribution in [0.4, 0.5) is 15.8 Å². The highest BCUT2D eigenvalue weighted by atomic mass is 19.1. The number of carbonyl (C=O) groups is 2. The molecule has 1 aliphatic rings. The summed E-state index contributed by atoms with van der Waals surface area (Å²) in [6, 6.07) is 8.66. The molecule has 9 heteroatoms. The van der Waals surface area contributed by atoms with Crippen LogP contribution in [0.25, 0.3) is 0 Å². The fourth-order valence-electron chi connectivity index (χ4n) is 2.50. The summed E-state index contributed by atoms with van der Waals surface area (Å²) in [4.78, 5) is 21.1. The first kappa shape index (κ1) is 25.7. The average Bonchev–Trinajstić information content (AvgIpc) is 2.72. The number of aliphatic hydroxyl groups is 1. The Morgan fingerprint density at radius 2 is 1.81 bits per heavy atom. The SMILES string of the molecule is CC(C)O.COc1cc(OC)c(CNC=O)cc1F.Cc1ccc2c(c1)NC(=O)CN2. The Morgan fingerprint density at radius 1 is 1.16 bits per heavy atom. The van der Waals surface area contributed by atoms with Crippen molar-refractivity contribution in [2.45, 2.75) is 33.4 Å². The predicted octanol–water partition coefficient (Wildman–Crippen LogP) is 2.84. The first-order valence-electron chi connectivity index (χ1n) is 9.61. The molecule has 2 aromatic rings. The van der Waals surface area contributed by atoms with Crippen molar-refractivity contribution in [2.75, 3.05) is 31.4 Å². The fraction of sp³-hybridized carbons (Fsp3) is 0.364.